The van der Waals surface area contributed by atoms with Crippen LogP contribution in [0.5, 0.6) is 0 Å². The summed E-state index contributed by atoms with van der Waals surface area (Å²) in [5, 5.41) is 5.41. The van der Waals surface area contributed by atoms with Crippen molar-refractivity contribution in [3.8, 4) is 0 Å². The maximum atomic E-state index is 13.0. The number of hydrogen-bond acceptors (Lipinski definition) is 3. The first-order valence-electron chi connectivity index (χ1n) is 8.63. The van der Waals surface area contributed by atoms with Crippen LogP contribution in [0.3, 0.4) is 0 Å². The van der Waals surface area contributed by atoms with Crippen molar-refractivity contribution in [1.29, 1.82) is 0 Å². The molecule has 1 unspecified atom stereocenters. The first-order valence-corrected chi connectivity index (χ1v) is 9.01. The predicted molar refractivity (Wildman–Crippen MR) is 101 cm³/mol. The standard InChI is InChI=1S/C20H18ClN3O2/c21-15-6-3-5-14(11-15)17-9-4-10-23(17)20(26)13-24-18-8-2-1-7-16(18)19(25)12-22-24/h1-3,5-8,11-12,17H,4,9-10,13H2. The number of hydrogen-bond donors (Lipinski definition) is 0. The maximum Gasteiger partial charge on any atom is 0.244 e. The Bertz CT molecular complexity index is 1030. The number of aromatic nitrogens is 2. The van der Waals surface area contributed by atoms with E-state index in [0.717, 1.165) is 18.4 Å². The Kier molecular flexibility index (Phi) is 4.47. The summed E-state index contributed by atoms with van der Waals surface area (Å²) in [6.07, 6.45) is 3.15. The van der Waals surface area contributed by atoms with Gasteiger partial charge in [-0.15, -0.1) is 0 Å². The van der Waals surface area contributed by atoms with E-state index in [-0.39, 0.29) is 23.9 Å². The zero-order valence-corrected chi connectivity index (χ0v) is 14.9. The molecule has 1 aliphatic heterocycles. The number of para-hydroxylation sites is 1. The van der Waals surface area contributed by atoms with E-state index in [2.05, 4.69) is 5.10 Å². The molecule has 0 radical (unpaired) electrons. The van der Waals surface area contributed by atoms with Crippen LogP contribution in [0.2, 0.25) is 5.02 Å². The van der Waals surface area contributed by atoms with Gasteiger partial charge in [-0.2, -0.15) is 5.10 Å². The highest BCUT2D eigenvalue weighted by molar-refractivity contribution is 6.30. The molecule has 1 aromatic heterocycles. The van der Waals surface area contributed by atoms with Gasteiger partial charge in [0.1, 0.15) is 6.54 Å². The van der Waals surface area contributed by atoms with Gasteiger partial charge < -0.3 is 4.90 Å². The Morgan fingerprint density at radius 2 is 2.04 bits per heavy atom. The van der Waals surface area contributed by atoms with Crippen LogP contribution in [0.4, 0.5) is 0 Å². The van der Waals surface area contributed by atoms with Crippen LogP contribution in [0, 0.1) is 0 Å². The fourth-order valence-corrected chi connectivity index (χ4v) is 3.83. The van der Waals surface area contributed by atoms with E-state index in [9.17, 15) is 9.59 Å². The Labute approximate surface area is 155 Å². The number of benzene rings is 2. The van der Waals surface area contributed by atoms with E-state index >= 15 is 0 Å². The second-order valence-corrected chi connectivity index (χ2v) is 6.92. The van der Waals surface area contributed by atoms with Gasteiger partial charge in [0.05, 0.1) is 17.8 Å². The van der Waals surface area contributed by atoms with Crippen molar-refractivity contribution in [2.24, 2.45) is 0 Å². The average Bonchev–Trinajstić information content (AvgIpc) is 3.14. The third-order valence-electron chi connectivity index (χ3n) is 4.85. The number of nitrogens with zero attached hydrogens (tertiary/aromatic N) is 3. The van der Waals surface area contributed by atoms with Crippen molar-refractivity contribution in [2.45, 2.75) is 25.4 Å². The minimum Gasteiger partial charge on any atom is -0.334 e. The summed E-state index contributed by atoms with van der Waals surface area (Å²) in [4.78, 5) is 26.8. The summed E-state index contributed by atoms with van der Waals surface area (Å²) in [5.74, 6) is -0.00576. The minimum absolute atomic E-state index is 0.00576. The molecule has 1 atom stereocenters. The van der Waals surface area contributed by atoms with Crippen LogP contribution in [0.25, 0.3) is 10.9 Å². The summed E-state index contributed by atoms with van der Waals surface area (Å²) in [7, 11) is 0. The van der Waals surface area contributed by atoms with Gasteiger partial charge in [-0.05, 0) is 42.7 Å². The quantitative estimate of drug-likeness (QED) is 0.712. The lowest BCUT2D eigenvalue weighted by atomic mass is 10.0. The second kappa shape index (κ2) is 6.92. The highest BCUT2D eigenvalue weighted by atomic mass is 35.5. The van der Waals surface area contributed by atoms with Crippen molar-refractivity contribution in [3.05, 3.63) is 75.5 Å². The van der Waals surface area contributed by atoms with Crippen LogP contribution in [-0.4, -0.2) is 27.1 Å². The van der Waals surface area contributed by atoms with Gasteiger partial charge in [-0.25, -0.2) is 0 Å². The van der Waals surface area contributed by atoms with Crippen molar-refractivity contribution >= 4 is 28.4 Å². The normalized spacial score (nSPS) is 17.0. The average molecular weight is 368 g/mol. The van der Waals surface area contributed by atoms with E-state index in [1.54, 1.807) is 10.7 Å². The SMILES string of the molecule is O=C(Cn1ncc(=O)c2ccccc21)N1CCCC1c1cccc(Cl)c1. The molecule has 2 heterocycles. The number of carbonyl (C=O) groups is 1. The zero-order valence-electron chi connectivity index (χ0n) is 14.1. The van der Waals surface area contributed by atoms with Gasteiger partial charge in [0.25, 0.3) is 0 Å². The van der Waals surface area contributed by atoms with E-state index in [4.69, 9.17) is 11.6 Å². The molecule has 1 fully saturated rings. The molecule has 0 bridgehead atoms. The summed E-state index contributed by atoms with van der Waals surface area (Å²) in [6.45, 7) is 0.825. The van der Waals surface area contributed by atoms with Crippen molar-refractivity contribution < 1.29 is 4.79 Å². The number of likely N-dealkylation sites (tertiary alicyclic amines) is 1. The lowest BCUT2D eigenvalue weighted by molar-refractivity contribution is -0.132. The largest absolute Gasteiger partial charge is 0.334 e. The predicted octanol–water partition coefficient (Wildman–Crippen LogP) is 3.41. The van der Waals surface area contributed by atoms with Gasteiger partial charge in [0.2, 0.25) is 11.3 Å². The fraction of sp³-hybridized carbons (Fsp3) is 0.250. The highest BCUT2D eigenvalue weighted by Gasteiger charge is 2.30. The number of fused-ring (bicyclic) bond motifs is 1. The molecule has 2 aromatic carbocycles. The van der Waals surface area contributed by atoms with Gasteiger partial charge in [0, 0.05) is 17.0 Å². The molecule has 1 amide bonds. The monoisotopic (exact) mass is 367 g/mol. The highest BCUT2D eigenvalue weighted by Crippen LogP contribution is 2.33. The van der Waals surface area contributed by atoms with E-state index in [0.29, 0.717) is 22.5 Å². The smallest absolute Gasteiger partial charge is 0.244 e. The Morgan fingerprint density at radius 3 is 2.88 bits per heavy atom. The first kappa shape index (κ1) is 16.8. The van der Waals surface area contributed by atoms with E-state index < -0.39 is 0 Å². The third-order valence-corrected chi connectivity index (χ3v) is 5.09. The molecule has 1 aliphatic rings. The molecular formula is C20H18ClN3O2. The molecular weight excluding hydrogens is 350 g/mol. The van der Waals surface area contributed by atoms with Crippen LogP contribution in [0.15, 0.2) is 59.5 Å². The topological polar surface area (TPSA) is 55.2 Å². The lowest BCUT2D eigenvalue weighted by Crippen LogP contribution is -2.34. The van der Waals surface area contributed by atoms with E-state index in [1.807, 2.05) is 47.4 Å². The molecule has 4 rings (SSSR count). The third kappa shape index (κ3) is 3.10. The van der Waals surface area contributed by atoms with Crippen LogP contribution in [-0.2, 0) is 11.3 Å². The van der Waals surface area contributed by atoms with Gasteiger partial charge in [-0.1, -0.05) is 35.9 Å². The lowest BCUT2D eigenvalue weighted by Gasteiger charge is -2.25. The number of carbonyl (C=O) groups excluding carboxylic acids is 1. The fourth-order valence-electron chi connectivity index (χ4n) is 3.63. The molecule has 0 saturated carbocycles. The van der Waals surface area contributed by atoms with Gasteiger partial charge in [0.15, 0.2) is 0 Å². The molecule has 1 saturated heterocycles. The molecule has 3 aromatic rings. The molecule has 0 aliphatic carbocycles. The van der Waals surface area contributed by atoms with Crippen molar-refractivity contribution in [3.63, 3.8) is 0 Å². The molecule has 5 nitrogen and oxygen atoms in total. The molecule has 6 heteroatoms. The van der Waals surface area contributed by atoms with Gasteiger partial charge in [-0.3, -0.25) is 14.3 Å². The van der Waals surface area contributed by atoms with Crippen molar-refractivity contribution in [2.75, 3.05) is 6.54 Å². The van der Waals surface area contributed by atoms with Crippen molar-refractivity contribution in [1.82, 2.24) is 14.7 Å². The Balaban J connectivity index is 1.62. The number of rotatable bonds is 3. The van der Waals surface area contributed by atoms with Crippen LogP contribution >= 0.6 is 11.6 Å². The summed E-state index contributed by atoms with van der Waals surface area (Å²) in [5.41, 5.74) is 1.59. The number of halogens is 1. The summed E-state index contributed by atoms with van der Waals surface area (Å²) >= 11 is 6.11. The van der Waals surface area contributed by atoms with Gasteiger partial charge >= 0.3 is 0 Å². The maximum absolute atomic E-state index is 13.0. The van der Waals surface area contributed by atoms with E-state index in [1.165, 1.54) is 6.20 Å². The summed E-state index contributed by atoms with van der Waals surface area (Å²) < 4.78 is 1.60. The second-order valence-electron chi connectivity index (χ2n) is 6.48. The number of amides is 1. The molecule has 132 valence electrons. The molecule has 26 heavy (non-hydrogen) atoms. The first-order chi connectivity index (χ1) is 12.6. The zero-order chi connectivity index (χ0) is 18.1. The Morgan fingerprint density at radius 1 is 1.19 bits per heavy atom. The Hall–Kier alpha value is -2.66. The van der Waals surface area contributed by atoms with Crippen LogP contribution < -0.4 is 5.43 Å². The van der Waals surface area contributed by atoms with Crippen LogP contribution in [0.1, 0.15) is 24.4 Å². The minimum atomic E-state index is -0.137. The molecule has 0 N–H and O–H groups in total. The molecule has 0 spiro atoms. The summed E-state index contributed by atoms with van der Waals surface area (Å²) in [6, 6.07) is 14.9.